The fourth-order valence-electron chi connectivity index (χ4n) is 2.89. The topological polar surface area (TPSA) is 21.3 Å². The van der Waals surface area contributed by atoms with Crippen LogP contribution in [-0.2, 0) is 4.74 Å². The summed E-state index contributed by atoms with van der Waals surface area (Å²) in [6, 6.07) is 0. The van der Waals surface area contributed by atoms with Crippen LogP contribution in [0.3, 0.4) is 0 Å². The lowest BCUT2D eigenvalue weighted by atomic mass is 9.82. The van der Waals surface area contributed by atoms with E-state index in [-0.39, 0.29) is 0 Å². The summed E-state index contributed by atoms with van der Waals surface area (Å²) < 4.78 is 5.63. The van der Waals surface area contributed by atoms with Gasteiger partial charge in [0.2, 0.25) is 0 Å². The quantitative estimate of drug-likeness (QED) is 0.657. The molecule has 0 amide bonds. The van der Waals surface area contributed by atoms with Crippen LogP contribution in [0, 0.1) is 17.8 Å². The van der Waals surface area contributed by atoms with Crippen LogP contribution in [0.5, 0.6) is 0 Å². The van der Waals surface area contributed by atoms with Crippen LogP contribution in [0.25, 0.3) is 0 Å². The highest BCUT2D eigenvalue weighted by Gasteiger charge is 2.21. The molecule has 2 heteroatoms. The van der Waals surface area contributed by atoms with E-state index in [1.165, 1.54) is 51.5 Å². The molecule has 0 spiro atoms. The average molecular weight is 239 g/mol. The summed E-state index contributed by atoms with van der Waals surface area (Å²) in [5, 5.41) is 3.60. The fourth-order valence-corrected chi connectivity index (χ4v) is 2.89. The smallest absolute Gasteiger partial charge is 0.0494 e. The predicted octanol–water partition coefficient (Wildman–Crippen LogP) is 3.22. The highest BCUT2D eigenvalue weighted by molar-refractivity contribution is 4.73. The van der Waals surface area contributed by atoms with E-state index in [4.69, 9.17) is 4.74 Å². The highest BCUT2D eigenvalue weighted by Crippen LogP contribution is 2.29. The third-order valence-corrected chi connectivity index (χ3v) is 4.17. The molecule has 17 heavy (non-hydrogen) atoms. The molecule has 0 aromatic heterocycles. The first-order valence-corrected chi connectivity index (χ1v) is 7.63. The molecule has 0 saturated heterocycles. The Balaban J connectivity index is 1.37. The molecule has 2 nitrogen and oxygen atoms in total. The van der Waals surface area contributed by atoms with Crippen LogP contribution >= 0.6 is 0 Å². The lowest BCUT2D eigenvalue weighted by Gasteiger charge is -2.26. The molecule has 2 rings (SSSR count). The first-order chi connectivity index (χ1) is 8.34. The van der Waals surface area contributed by atoms with Gasteiger partial charge in [-0.05, 0) is 62.9 Å². The molecule has 0 aromatic carbocycles. The normalized spacial score (nSPS) is 29.5. The van der Waals surface area contributed by atoms with Crippen molar-refractivity contribution in [3.05, 3.63) is 0 Å². The van der Waals surface area contributed by atoms with Crippen molar-refractivity contribution < 1.29 is 4.74 Å². The fraction of sp³-hybridized carbons (Fsp3) is 1.00. The molecule has 0 heterocycles. The van der Waals surface area contributed by atoms with Gasteiger partial charge in [-0.2, -0.15) is 0 Å². The molecule has 0 aromatic rings. The third kappa shape index (κ3) is 5.87. The Kier molecular flexibility index (Phi) is 5.79. The summed E-state index contributed by atoms with van der Waals surface area (Å²) in [4.78, 5) is 0. The number of ether oxygens (including phenoxy) is 1. The van der Waals surface area contributed by atoms with Crippen molar-refractivity contribution in [3.8, 4) is 0 Å². The molecule has 2 saturated carbocycles. The molecule has 2 atom stereocenters. The maximum Gasteiger partial charge on any atom is 0.0494 e. The Bertz CT molecular complexity index is 203. The summed E-state index contributed by atoms with van der Waals surface area (Å²) in [6.45, 7) is 6.73. The van der Waals surface area contributed by atoms with Crippen molar-refractivity contribution in [3.63, 3.8) is 0 Å². The van der Waals surface area contributed by atoms with Gasteiger partial charge in [-0.15, -0.1) is 0 Å². The minimum atomic E-state index is 0.909. The molecular weight excluding hydrogens is 210 g/mol. The standard InChI is InChI=1S/C15H29NO/c1-13-4-2-5-15(10-13)11-16-8-3-9-17-12-14-6-7-14/h13-16H,2-12H2,1H3. The van der Waals surface area contributed by atoms with Gasteiger partial charge in [-0.3, -0.25) is 0 Å². The third-order valence-electron chi connectivity index (χ3n) is 4.17. The highest BCUT2D eigenvalue weighted by atomic mass is 16.5. The van der Waals surface area contributed by atoms with E-state index in [1.54, 1.807) is 0 Å². The summed E-state index contributed by atoms with van der Waals surface area (Å²) in [6.07, 6.45) is 9.75. The molecule has 2 aliphatic carbocycles. The molecular formula is C15H29NO. The molecule has 100 valence electrons. The van der Waals surface area contributed by atoms with E-state index in [2.05, 4.69) is 12.2 Å². The Morgan fingerprint density at radius 3 is 2.76 bits per heavy atom. The van der Waals surface area contributed by atoms with Gasteiger partial charge in [0, 0.05) is 13.2 Å². The van der Waals surface area contributed by atoms with Crippen molar-refractivity contribution in [2.75, 3.05) is 26.3 Å². The van der Waals surface area contributed by atoms with Gasteiger partial charge in [0.1, 0.15) is 0 Å². The van der Waals surface area contributed by atoms with Crippen molar-refractivity contribution in [1.82, 2.24) is 5.32 Å². The van der Waals surface area contributed by atoms with Gasteiger partial charge in [-0.1, -0.05) is 19.8 Å². The van der Waals surface area contributed by atoms with Crippen LogP contribution in [0.2, 0.25) is 0 Å². The van der Waals surface area contributed by atoms with Crippen LogP contribution in [-0.4, -0.2) is 26.3 Å². The Labute approximate surface area is 107 Å². The molecule has 2 aliphatic rings. The van der Waals surface area contributed by atoms with E-state index < -0.39 is 0 Å². The zero-order valence-electron chi connectivity index (χ0n) is 11.4. The van der Waals surface area contributed by atoms with E-state index >= 15 is 0 Å². The van der Waals surface area contributed by atoms with Gasteiger partial charge >= 0.3 is 0 Å². The van der Waals surface area contributed by atoms with Crippen LogP contribution in [0.4, 0.5) is 0 Å². The van der Waals surface area contributed by atoms with E-state index in [0.29, 0.717) is 0 Å². The van der Waals surface area contributed by atoms with Gasteiger partial charge in [0.25, 0.3) is 0 Å². The monoisotopic (exact) mass is 239 g/mol. The number of hydrogen-bond acceptors (Lipinski definition) is 2. The van der Waals surface area contributed by atoms with Crippen molar-refractivity contribution in [2.45, 2.75) is 51.9 Å². The van der Waals surface area contributed by atoms with Gasteiger partial charge in [0.15, 0.2) is 0 Å². The second-order valence-corrected chi connectivity index (χ2v) is 6.21. The Morgan fingerprint density at radius 1 is 1.12 bits per heavy atom. The minimum absolute atomic E-state index is 0.909. The van der Waals surface area contributed by atoms with E-state index in [1.807, 2.05) is 0 Å². The van der Waals surface area contributed by atoms with Gasteiger partial charge < -0.3 is 10.1 Å². The van der Waals surface area contributed by atoms with Crippen molar-refractivity contribution in [2.24, 2.45) is 17.8 Å². The van der Waals surface area contributed by atoms with Crippen LogP contribution in [0.15, 0.2) is 0 Å². The molecule has 0 bridgehead atoms. The number of rotatable bonds is 8. The lowest BCUT2D eigenvalue weighted by Crippen LogP contribution is -2.27. The minimum Gasteiger partial charge on any atom is -0.381 e. The zero-order valence-corrected chi connectivity index (χ0v) is 11.4. The maximum atomic E-state index is 5.63. The Morgan fingerprint density at radius 2 is 2.00 bits per heavy atom. The van der Waals surface area contributed by atoms with Crippen molar-refractivity contribution in [1.29, 1.82) is 0 Å². The number of nitrogens with one attached hydrogen (secondary N) is 1. The van der Waals surface area contributed by atoms with E-state index in [9.17, 15) is 0 Å². The molecule has 2 fully saturated rings. The summed E-state index contributed by atoms with van der Waals surface area (Å²) in [5.74, 6) is 2.80. The van der Waals surface area contributed by atoms with Gasteiger partial charge in [0.05, 0.1) is 0 Å². The molecule has 2 unspecified atom stereocenters. The average Bonchev–Trinajstić information content (AvgIpc) is 3.12. The first kappa shape index (κ1) is 13.4. The molecule has 0 radical (unpaired) electrons. The van der Waals surface area contributed by atoms with Crippen molar-refractivity contribution >= 4 is 0 Å². The van der Waals surface area contributed by atoms with Crippen LogP contribution in [0.1, 0.15) is 51.9 Å². The zero-order chi connectivity index (χ0) is 11.9. The number of hydrogen-bond donors (Lipinski definition) is 1. The summed E-state index contributed by atoms with van der Waals surface area (Å²) >= 11 is 0. The molecule has 1 N–H and O–H groups in total. The largest absolute Gasteiger partial charge is 0.381 e. The second-order valence-electron chi connectivity index (χ2n) is 6.21. The predicted molar refractivity (Wildman–Crippen MR) is 72.2 cm³/mol. The molecule has 0 aliphatic heterocycles. The summed E-state index contributed by atoms with van der Waals surface area (Å²) in [7, 11) is 0. The lowest BCUT2D eigenvalue weighted by molar-refractivity contribution is 0.121. The second kappa shape index (κ2) is 7.38. The van der Waals surface area contributed by atoms with Gasteiger partial charge in [-0.25, -0.2) is 0 Å². The Hall–Kier alpha value is -0.0800. The first-order valence-electron chi connectivity index (χ1n) is 7.63. The van der Waals surface area contributed by atoms with Crippen LogP contribution < -0.4 is 5.32 Å². The summed E-state index contributed by atoms with van der Waals surface area (Å²) in [5.41, 5.74) is 0. The maximum absolute atomic E-state index is 5.63. The van der Waals surface area contributed by atoms with E-state index in [0.717, 1.165) is 37.5 Å². The SMILES string of the molecule is CC1CCCC(CNCCCOCC2CC2)C1.